The lowest BCUT2D eigenvalue weighted by Crippen LogP contribution is -2.02. The molecular formula is C18H17NOS. The van der Waals surface area contributed by atoms with Crippen LogP contribution >= 0.6 is 11.8 Å². The molecule has 0 unspecified atom stereocenters. The van der Waals surface area contributed by atoms with E-state index in [9.17, 15) is 4.79 Å². The zero-order valence-corrected chi connectivity index (χ0v) is 13.2. The molecule has 3 heteroatoms. The van der Waals surface area contributed by atoms with Gasteiger partial charge in [0.1, 0.15) is 0 Å². The normalized spacial score (nSPS) is 11.0. The highest BCUT2D eigenvalue weighted by Crippen LogP contribution is 2.27. The average molecular weight is 295 g/mol. The number of hydrogen-bond donors (Lipinski definition) is 0. The standard InChI is InChI=1S/C18H17NOS/c1-12-8-9-13-15(11-19(2)16(13)10-12)18(20)14-6-4-5-7-17(14)21-3/h4-11H,1-3H3. The minimum atomic E-state index is 0.0920. The fourth-order valence-electron chi connectivity index (χ4n) is 2.65. The topological polar surface area (TPSA) is 22.0 Å². The maximum Gasteiger partial charge on any atom is 0.196 e. The van der Waals surface area contributed by atoms with E-state index in [0.29, 0.717) is 0 Å². The van der Waals surface area contributed by atoms with Crippen LogP contribution in [0.5, 0.6) is 0 Å². The van der Waals surface area contributed by atoms with Crippen LogP contribution in [0.25, 0.3) is 10.9 Å². The first-order chi connectivity index (χ1) is 10.1. The van der Waals surface area contributed by atoms with Crippen LogP contribution < -0.4 is 0 Å². The zero-order valence-electron chi connectivity index (χ0n) is 12.4. The monoisotopic (exact) mass is 295 g/mol. The van der Waals surface area contributed by atoms with E-state index in [1.807, 2.05) is 54.4 Å². The van der Waals surface area contributed by atoms with Crippen molar-refractivity contribution in [3.05, 3.63) is 65.4 Å². The molecule has 0 aliphatic heterocycles. The van der Waals surface area contributed by atoms with Gasteiger partial charge in [0, 0.05) is 40.2 Å². The van der Waals surface area contributed by atoms with Gasteiger partial charge in [-0.05, 0) is 36.9 Å². The lowest BCUT2D eigenvalue weighted by Gasteiger charge is -2.05. The number of ketones is 1. The Labute approximate surface area is 128 Å². The highest BCUT2D eigenvalue weighted by molar-refractivity contribution is 7.98. The highest BCUT2D eigenvalue weighted by Gasteiger charge is 2.18. The fourth-order valence-corrected chi connectivity index (χ4v) is 3.25. The second kappa shape index (κ2) is 5.41. The van der Waals surface area contributed by atoms with Crippen molar-refractivity contribution in [3.8, 4) is 0 Å². The van der Waals surface area contributed by atoms with E-state index in [1.54, 1.807) is 11.8 Å². The summed E-state index contributed by atoms with van der Waals surface area (Å²) in [7, 11) is 1.99. The Balaban J connectivity index is 2.19. The number of carbonyl (C=O) groups is 1. The fraction of sp³-hybridized carbons (Fsp3) is 0.167. The van der Waals surface area contributed by atoms with Crippen LogP contribution in [0.4, 0.5) is 0 Å². The number of nitrogens with zero attached hydrogens (tertiary/aromatic N) is 1. The predicted molar refractivity (Wildman–Crippen MR) is 89.3 cm³/mol. The predicted octanol–water partition coefficient (Wildman–Crippen LogP) is 4.44. The summed E-state index contributed by atoms with van der Waals surface area (Å²) in [6, 6.07) is 14.0. The van der Waals surface area contributed by atoms with Crippen molar-refractivity contribution < 1.29 is 4.79 Å². The summed E-state index contributed by atoms with van der Waals surface area (Å²) in [4.78, 5) is 13.9. The van der Waals surface area contributed by atoms with Gasteiger partial charge in [0.05, 0.1) is 0 Å². The number of thioether (sulfide) groups is 1. The van der Waals surface area contributed by atoms with Gasteiger partial charge in [-0.25, -0.2) is 0 Å². The molecule has 0 N–H and O–H groups in total. The van der Waals surface area contributed by atoms with Gasteiger partial charge in [-0.1, -0.05) is 24.3 Å². The molecule has 0 atom stereocenters. The summed E-state index contributed by atoms with van der Waals surface area (Å²) < 4.78 is 2.03. The first-order valence-electron chi connectivity index (χ1n) is 6.85. The SMILES string of the molecule is CSc1ccccc1C(=O)c1cn(C)c2cc(C)ccc12. The number of benzene rings is 2. The molecule has 0 fully saturated rings. The maximum absolute atomic E-state index is 12.9. The van der Waals surface area contributed by atoms with Crippen LogP contribution in [0.2, 0.25) is 0 Å². The number of aromatic nitrogens is 1. The van der Waals surface area contributed by atoms with Crippen LogP contribution in [-0.2, 0) is 7.05 Å². The molecule has 3 rings (SSSR count). The number of aryl methyl sites for hydroxylation is 2. The minimum Gasteiger partial charge on any atom is -0.350 e. The quantitative estimate of drug-likeness (QED) is 0.526. The molecule has 0 saturated carbocycles. The van der Waals surface area contributed by atoms with Gasteiger partial charge < -0.3 is 4.57 Å². The van der Waals surface area contributed by atoms with Crippen LogP contribution in [0, 0.1) is 6.92 Å². The molecule has 1 aromatic heterocycles. The number of hydrogen-bond acceptors (Lipinski definition) is 2. The van der Waals surface area contributed by atoms with Crippen LogP contribution in [0.15, 0.2) is 53.6 Å². The van der Waals surface area contributed by atoms with E-state index in [2.05, 4.69) is 19.1 Å². The van der Waals surface area contributed by atoms with E-state index in [-0.39, 0.29) is 5.78 Å². The van der Waals surface area contributed by atoms with Gasteiger partial charge in [0.2, 0.25) is 0 Å². The second-order valence-corrected chi connectivity index (χ2v) is 6.05. The van der Waals surface area contributed by atoms with E-state index >= 15 is 0 Å². The minimum absolute atomic E-state index is 0.0920. The average Bonchev–Trinajstić information content (AvgIpc) is 2.83. The molecule has 0 saturated heterocycles. The molecule has 0 amide bonds. The van der Waals surface area contributed by atoms with Crippen molar-refractivity contribution in [2.75, 3.05) is 6.26 Å². The van der Waals surface area contributed by atoms with Gasteiger partial charge in [0.15, 0.2) is 5.78 Å². The van der Waals surface area contributed by atoms with Gasteiger partial charge in [-0.3, -0.25) is 4.79 Å². The first kappa shape index (κ1) is 14.0. The molecule has 21 heavy (non-hydrogen) atoms. The summed E-state index contributed by atoms with van der Waals surface area (Å²) in [6.45, 7) is 2.07. The molecular weight excluding hydrogens is 278 g/mol. The summed E-state index contributed by atoms with van der Waals surface area (Å²) in [5.74, 6) is 0.0920. The second-order valence-electron chi connectivity index (χ2n) is 5.20. The Kier molecular flexibility index (Phi) is 3.60. The molecule has 106 valence electrons. The van der Waals surface area contributed by atoms with E-state index in [4.69, 9.17) is 0 Å². The van der Waals surface area contributed by atoms with Gasteiger partial charge in [-0.15, -0.1) is 11.8 Å². The van der Waals surface area contributed by atoms with Gasteiger partial charge in [0.25, 0.3) is 0 Å². The molecule has 0 aliphatic carbocycles. The summed E-state index contributed by atoms with van der Waals surface area (Å²) in [5, 5.41) is 1.02. The molecule has 1 heterocycles. The number of fused-ring (bicyclic) bond motifs is 1. The van der Waals surface area contributed by atoms with E-state index < -0.39 is 0 Å². The summed E-state index contributed by atoms with van der Waals surface area (Å²) >= 11 is 1.61. The molecule has 2 aromatic carbocycles. The maximum atomic E-state index is 12.9. The third kappa shape index (κ3) is 2.38. The molecule has 0 bridgehead atoms. The van der Waals surface area contributed by atoms with E-state index in [0.717, 1.165) is 26.9 Å². The Hall–Kier alpha value is -2.00. The van der Waals surface area contributed by atoms with Crippen LogP contribution in [0.3, 0.4) is 0 Å². The first-order valence-corrected chi connectivity index (χ1v) is 8.07. The van der Waals surface area contributed by atoms with Crippen molar-refractivity contribution in [2.45, 2.75) is 11.8 Å². The smallest absolute Gasteiger partial charge is 0.196 e. The van der Waals surface area contributed by atoms with Crippen molar-refractivity contribution in [2.24, 2.45) is 7.05 Å². The lowest BCUT2D eigenvalue weighted by molar-refractivity contribution is 0.103. The summed E-state index contributed by atoms with van der Waals surface area (Å²) in [6.07, 6.45) is 3.93. The highest BCUT2D eigenvalue weighted by atomic mass is 32.2. The molecule has 2 nitrogen and oxygen atoms in total. The Morgan fingerprint density at radius 3 is 2.62 bits per heavy atom. The van der Waals surface area contributed by atoms with Gasteiger partial charge >= 0.3 is 0 Å². The van der Waals surface area contributed by atoms with Crippen molar-refractivity contribution in [1.29, 1.82) is 0 Å². The Morgan fingerprint density at radius 2 is 1.86 bits per heavy atom. The Morgan fingerprint density at radius 1 is 1.10 bits per heavy atom. The Bertz CT molecular complexity index is 832. The largest absolute Gasteiger partial charge is 0.350 e. The van der Waals surface area contributed by atoms with E-state index in [1.165, 1.54) is 5.56 Å². The van der Waals surface area contributed by atoms with Crippen molar-refractivity contribution >= 4 is 28.4 Å². The number of carbonyl (C=O) groups excluding carboxylic acids is 1. The van der Waals surface area contributed by atoms with Crippen molar-refractivity contribution in [1.82, 2.24) is 4.57 Å². The lowest BCUT2D eigenvalue weighted by atomic mass is 10.0. The third-order valence-electron chi connectivity index (χ3n) is 3.74. The summed E-state index contributed by atoms with van der Waals surface area (Å²) in [5.41, 5.74) is 3.85. The zero-order chi connectivity index (χ0) is 15.0. The molecule has 0 radical (unpaired) electrons. The molecule has 0 spiro atoms. The molecule has 0 aliphatic rings. The molecule has 3 aromatic rings. The number of rotatable bonds is 3. The van der Waals surface area contributed by atoms with Crippen LogP contribution in [-0.4, -0.2) is 16.6 Å². The van der Waals surface area contributed by atoms with Gasteiger partial charge in [-0.2, -0.15) is 0 Å². The van der Waals surface area contributed by atoms with Crippen molar-refractivity contribution in [3.63, 3.8) is 0 Å². The van der Waals surface area contributed by atoms with Crippen LogP contribution in [0.1, 0.15) is 21.5 Å². The third-order valence-corrected chi connectivity index (χ3v) is 4.54.